The van der Waals surface area contributed by atoms with Gasteiger partial charge in [-0.25, -0.2) is 9.78 Å². The molecule has 0 saturated carbocycles. The average molecular weight is 247 g/mol. The second-order valence-electron chi connectivity index (χ2n) is 3.61. The number of aromatic nitrogens is 2. The molecule has 0 unspecified atom stereocenters. The van der Waals surface area contributed by atoms with Crippen molar-refractivity contribution < 1.29 is 14.8 Å². The summed E-state index contributed by atoms with van der Waals surface area (Å²) in [4.78, 5) is 25.1. The number of aromatic carboxylic acids is 1. The highest BCUT2D eigenvalue weighted by Crippen LogP contribution is 2.22. The summed E-state index contributed by atoms with van der Waals surface area (Å²) in [6, 6.07) is 3.70. The van der Waals surface area contributed by atoms with Crippen LogP contribution in [-0.2, 0) is 0 Å². The van der Waals surface area contributed by atoms with E-state index in [2.05, 4.69) is 4.98 Å². The van der Waals surface area contributed by atoms with Crippen LogP contribution in [0.4, 0.5) is 5.69 Å². The Bertz CT molecular complexity index is 633. The van der Waals surface area contributed by atoms with Crippen molar-refractivity contribution in [3.05, 3.63) is 52.1 Å². The molecular formula is C11H9N3O4. The molecule has 7 nitrogen and oxygen atoms in total. The third kappa shape index (κ3) is 1.93. The number of nitro benzene ring substituents is 1. The molecule has 7 heteroatoms. The third-order valence-corrected chi connectivity index (χ3v) is 2.51. The van der Waals surface area contributed by atoms with Crippen LogP contribution in [0.5, 0.6) is 0 Å². The molecule has 0 atom stereocenters. The number of carbonyl (C=O) groups is 1. The van der Waals surface area contributed by atoms with Crippen molar-refractivity contribution in [2.24, 2.45) is 0 Å². The number of aryl methyl sites for hydroxylation is 1. The first kappa shape index (κ1) is 11.8. The molecule has 92 valence electrons. The molecule has 18 heavy (non-hydrogen) atoms. The Morgan fingerprint density at radius 3 is 2.72 bits per heavy atom. The Hall–Kier alpha value is -2.70. The van der Waals surface area contributed by atoms with E-state index in [0.29, 0.717) is 11.5 Å². The number of non-ortho nitro benzene ring substituents is 1. The lowest BCUT2D eigenvalue weighted by molar-refractivity contribution is -0.384. The van der Waals surface area contributed by atoms with Crippen molar-refractivity contribution in [2.45, 2.75) is 6.92 Å². The molecule has 0 aliphatic carbocycles. The lowest BCUT2D eigenvalue weighted by Gasteiger charge is -2.08. The Morgan fingerprint density at radius 1 is 1.50 bits per heavy atom. The van der Waals surface area contributed by atoms with E-state index in [-0.39, 0.29) is 11.3 Å². The standard InChI is InChI=1S/C11H9N3O4/c1-7-12-4-5-13(7)10-3-2-8(14(17)18)6-9(10)11(15)16/h2-6H,1H3,(H,15,16). The zero-order valence-corrected chi connectivity index (χ0v) is 9.40. The second kappa shape index (κ2) is 4.28. The molecule has 0 aliphatic rings. The smallest absolute Gasteiger partial charge is 0.338 e. The first-order valence-corrected chi connectivity index (χ1v) is 5.03. The Kier molecular flexibility index (Phi) is 2.80. The highest BCUT2D eigenvalue weighted by molar-refractivity contribution is 5.92. The van der Waals surface area contributed by atoms with E-state index in [9.17, 15) is 14.9 Å². The third-order valence-electron chi connectivity index (χ3n) is 2.51. The minimum atomic E-state index is -1.22. The number of hydrogen-bond donors (Lipinski definition) is 1. The highest BCUT2D eigenvalue weighted by Gasteiger charge is 2.17. The van der Waals surface area contributed by atoms with Gasteiger partial charge in [-0.15, -0.1) is 0 Å². The first-order valence-electron chi connectivity index (χ1n) is 5.03. The summed E-state index contributed by atoms with van der Waals surface area (Å²) in [6.45, 7) is 1.72. The molecule has 0 aliphatic heterocycles. The fraction of sp³-hybridized carbons (Fsp3) is 0.0909. The van der Waals surface area contributed by atoms with Crippen molar-refractivity contribution >= 4 is 11.7 Å². The van der Waals surface area contributed by atoms with Crippen LogP contribution in [0, 0.1) is 17.0 Å². The lowest BCUT2D eigenvalue weighted by Crippen LogP contribution is -2.07. The van der Waals surface area contributed by atoms with Gasteiger partial charge in [0.25, 0.3) is 5.69 Å². The highest BCUT2D eigenvalue weighted by atomic mass is 16.6. The molecule has 1 N–H and O–H groups in total. The average Bonchev–Trinajstić information content (AvgIpc) is 2.74. The zero-order valence-electron chi connectivity index (χ0n) is 9.40. The molecule has 0 bridgehead atoms. The van der Waals surface area contributed by atoms with Crippen molar-refractivity contribution in [3.63, 3.8) is 0 Å². The minimum absolute atomic E-state index is 0.134. The molecule has 1 aromatic heterocycles. The number of nitrogens with zero attached hydrogens (tertiary/aromatic N) is 3. The summed E-state index contributed by atoms with van der Waals surface area (Å²) >= 11 is 0. The van der Waals surface area contributed by atoms with Gasteiger partial charge in [0.05, 0.1) is 16.2 Å². The van der Waals surface area contributed by atoms with Crippen LogP contribution in [0.15, 0.2) is 30.6 Å². The van der Waals surface area contributed by atoms with Gasteiger partial charge >= 0.3 is 5.97 Å². The summed E-state index contributed by atoms with van der Waals surface area (Å²) in [5.41, 5.74) is -0.0395. The fourth-order valence-electron chi connectivity index (χ4n) is 1.65. The normalized spacial score (nSPS) is 10.3. The first-order chi connectivity index (χ1) is 8.50. The van der Waals surface area contributed by atoms with E-state index < -0.39 is 10.9 Å². The van der Waals surface area contributed by atoms with Crippen molar-refractivity contribution in [2.75, 3.05) is 0 Å². The monoisotopic (exact) mass is 247 g/mol. The summed E-state index contributed by atoms with van der Waals surface area (Å²) in [5, 5.41) is 19.7. The van der Waals surface area contributed by atoms with E-state index in [1.165, 1.54) is 18.3 Å². The Balaban J connectivity index is 2.65. The van der Waals surface area contributed by atoms with E-state index in [0.717, 1.165) is 6.07 Å². The number of benzene rings is 1. The maximum absolute atomic E-state index is 11.1. The summed E-state index contributed by atoms with van der Waals surface area (Å²) in [6.07, 6.45) is 3.13. The molecule has 0 saturated heterocycles. The molecule has 1 aromatic carbocycles. The van der Waals surface area contributed by atoms with Crippen LogP contribution < -0.4 is 0 Å². The van der Waals surface area contributed by atoms with E-state index >= 15 is 0 Å². The molecule has 0 radical (unpaired) electrons. The Morgan fingerprint density at radius 2 is 2.22 bits per heavy atom. The maximum atomic E-state index is 11.1. The van der Waals surface area contributed by atoms with Gasteiger partial charge in [-0.1, -0.05) is 0 Å². The zero-order chi connectivity index (χ0) is 13.3. The minimum Gasteiger partial charge on any atom is -0.478 e. The molecule has 0 fully saturated rings. The number of hydrogen-bond acceptors (Lipinski definition) is 4. The van der Waals surface area contributed by atoms with E-state index in [1.807, 2.05) is 0 Å². The maximum Gasteiger partial charge on any atom is 0.338 e. The van der Waals surface area contributed by atoms with Gasteiger partial charge in [-0.3, -0.25) is 10.1 Å². The summed E-state index contributed by atoms with van der Waals surface area (Å²) in [5.74, 6) is -0.617. The predicted octanol–water partition coefficient (Wildman–Crippen LogP) is 1.79. The van der Waals surface area contributed by atoms with Gasteiger partial charge in [-0.2, -0.15) is 0 Å². The summed E-state index contributed by atoms with van der Waals surface area (Å²) < 4.78 is 1.56. The quantitative estimate of drug-likeness (QED) is 0.658. The topological polar surface area (TPSA) is 98.3 Å². The number of rotatable bonds is 3. The second-order valence-corrected chi connectivity index (χ2v) is 3.61. The van der Waals surface area contributed by atoms with Crippen LogP contribution >= 0.6 is 0 Å². The molecule has 2 aromatic rings. The van der Waals surface area contributed by atoms with E-state index in [1.54, 1.807) is 17.7 Å². The van der Waals surface area contributed by atoms with Gasteiger partial charge in [-0.05, 0) is 13.0 Å². The van der Waals surface area contributed by atoms with Gasteiger partial charge in [0.2, 0.25) is 0 Å². The molecule has 1 heterocycles. The Labute approximate surface area is 101 Å². The number of carboxylic acids is 1. The summed E-state index contributed by atoms with van der Waals surface area (Å²) in [7, 11) is 0. The van der Waals surface area contributed by atoms with Gasteiger partial charge in [0.1, 0.15) is 5.82 Å². The van der Waals surface area contributed by atoms with Crippen LogP contribution in [0.3, 0.4) is 0 Å². The fourth-order valence-corrected chi connectivity index (χ4v) is 1.65. The molecule has 0 spiro atoms. The number of nitro groups is 1. The number of imidazole rings is 1. The predicted molar refractivity (Wildman–Crippen MR) is 61.9 cm³/mol. The van der Waals surface area contributed by atoms with Crippen LogP contribution in [-0.4, -0.2) is 25.6 Å². The van der Waals surface area contributed by atoms with Crippen LogP contribution in [0.2, 0.25) is 0 Å². The molecular weight excluding hydrogens is 238 g/mol. The largest absolute Gasteiger partial charge is 0.478 e. The number of carboxylic acid groups (broad SMARTS) is 1. The van der Waals surface area contributed by atoms with Gasteiger partial charge < -0.3 is 9.67 Å². The van der Waals surface area contributed by atoms with Crippen molar-refractivity contribution in [1.82, 2.24) is 9.55 Å². The van der Waals surface area contributed by atoms with Crippen LogP contribution in [0.25, 0.3) is 5.69 Å². The van der Waals surface area contributed by atoms with Gasteiger partial charge in [0.15, 0.2) is 0 Å². The molecule has 2 rings (SSSR count). The SMILES string of the molecule is Cc1nccn1-c1ccc([N+](=O)[O-])cc1C(=O)O. The molecule has 0 amide bonds. The van der Waals surface area contributed by atoms with Crippen molar-refractivity contribution in [3.8, 4) is 5.69 Å². The lowest BCUT2D eigenvalue weighted by atomic mass is 10.1. The van der Waals surface area contributed by atoms with E-state index in [4.69, 9.17) is 5.11 Å². The van der Waals surface area contributed by atoms with Crippen LogP contribution in [0.1, 0.15) is 16.2 Å². The van der Waals surface area contributed by atoms with Gasteiger partial charge in [0, 0.05) is 24.5 Å². The van der Waals surface area contributed by atoms with Crippen molar-refractivity contribution in [1.29, 1.82) is 0 Å².